The van der Waals surface area contributed by atoms with E-state index in [9.17, 15) is 4.79 Å². The molecule has 2 heterocycles. The molecule has 0 fully saturated rings. The highest BCUT2D eigenvalue weighted by Crippen LogP contribution is 2.17. The average Bonchev–Trinajstić information content (AvgIpc) is 3.07. The molecule has 0 unspecified atom stereocenters. The molecule has 0 aliphatic rings. The van der Waals surface area contributed by atoms with Gasteiger partial charge >= 0.3 is 0 Å². The van der Waals surface area contributed by atoms with Gasteiger partial charge in [-0.05, 0) is 44.2 Å². The van der Waals surface area contributed by atoms with Gasteiger partial charge in [-0.3, -0.25) is 4.79 Å². The zero-order valence-electron chi connectivity index (χ0n) is 15.0. The fourth-order valence-corrected chi connectivity index (χ4v) is 2.57. The summed E-state index contributed by atoms with van der Waals surface area (Å²) >= 11 is 0. The van der Waals surface area contributed by atoms with E-state index in [0.717, 1.165) is 29.4 Å². The molecule has 0 radical (unpaired) electrons. The average molecular weight is 350 g/mol. The lowest BCUT2D eigenvalue weighted by Crippen LogP contribution is -2.25. The number of benzene rings is 1. The smallest absolute Gasteiger partial charge is 0.251 e. The second kappa shape index (κ2) is 8.29. The third-order valence-electron chi connectivity index (χ3n) is 3.87. The van der Waals surface area contributed by atoms with Crippen molar-refractivity contribution >= 4 is 11.7 Å². The normalized spacial score (nSPS) is 10.5. The van der Waals surface area contributed by atoms with Crippen molar-refractivity contribution in [3.63, 3.8) is 0 Å². The van der Waals surface area contributed by atoms with Crippen LogP contribution in [0.1, 0.15) is 28.8 Å². The maximum Gasteiger partial charge on any atom is 0.251 e. The first-order valence-electron chi connectivity index (χ1n) is 8.66. The molecule has 0 bridgehead atoms. The van der Waals surface area contributed by atoms with Gasteiger partial charge in [-0.1, -0.05) is 12.1 Å². The van der Waals surface area contributed by atoms with E-state index in [1.165, 1.54) is 0 Å². The third kappa shape index (κ3) is 4.47. The molecule has 0 aliphatic heterocycles. The van der Waals surface area contributed by atoms with Gasteiger partial charge in [-0.25, -0.2) is 9.97 Å². The maximum atomic E-state index is 12.2. The van der Waals surface area contributed by atoms with Crippen LogP contribution in [0, 0.1) is 6.92 Å². The molecule has 0 atom stereocenters. The third-order valence-corrected chi connectivity index (χ3v) is 3.87. The quantitative estimate of drug-likeness (QED) is 0.682. The molecule has 2 aromatic heterocycles. The fourth-order valence-electron chi connectivity index (χ4n) is 2.57. The molecule has 3 rings (SSSR count). The monoisotopic (exact) mass is 350 g/mol. The Labute approximate surface area is 152 Å². The summed E-state index contributed by atoms with van der Waals surface area (Å²) in [6.07, 6.45) is 2.39. The zero-order valence-corrected chi connectivity index (χ0v) is 15.0. The second-order valence-electron chi connectivity index (χ2n) is 5.89. The molecule has 0 saturated carbocycles. The lowest BCUT2D eigenvalue weighted by Gasteiger charge is -2.07. The SMILES string of the molecule is CCNc1ccnc(-c2ccc(C(=O)NCCc3ccc(C)o3)cc2)n1. The highest BCUT2D eigenvalue weighted by Gasteiger charge is 2.08. The van der Waals surface area contributed by atoms with Crippen molar-refractivity contribution in [1.82, 2.24) is 15.3 Å². The summed E-state index contributed by atoms with van der Waals surface area (Å²) < 4.78 is 5.49. The van der Waals surface area contributed by atoms with Crippen LogP contribution in [0.2, 0.25) is 0 Å². The summed E-state index contributed by atoms with van der Waals surface area (Å²) in [4.78, 5) is 21.0. The molecule has 6 nitrogen and oxygen atoms in total. The number of aryl methyl sites for hydroxylation is 1. The van der Waals surface area contributed by atoms with Gasteiger partial charge in [0.25, 0.3) is 5.91 Å². The van der Waals surface area contributed by atoms with Crippen molar-refractivity contribution < 1.29 is 9.21 Å². The van der Waals surface area contributed by atoms with Crippen LogP contribution < -0.4 is 10.6 Å². The van der Waals surface area contributed by atoms with Crippen molar-refractivity contribution in [2.75, 3.05) is 18.4 Å². The second-order valence-corrected chi connectivity index (χ2v) is 5.89. The van der Waals surface area contributed by atoms with Gasteiger partial charge in [0.05, 0.1) is 0 Å². The van der Waals surface area contributed by atoms with Gasteiger partial charge in [-0.15, -0.1) is 0 Å². The molecule has 6 heteroatoms. The van der Waals surface area contributed by atoms with Crippen molar-refractivity contribution in [2.24, 2.45) is 0 Å². The van der Waals surface area contributed by atoms with Gasteiger partial charge < -0.3 is 15.1 Å². The van der Waals surface area contributed by atoms with E-state index in [1.807, 2.05) is 44.2 Å². The first-order valence-corrected chi connectivity index (χ1v) is 8.66. The Balaban J connectivity index is 1.59. The Morgan fingerprint density at radius 2 is 1.92 bits per heavy atom. The first-order chi connectivity index (χ1) is 12.7. The molecule has 26 heavy (non-hydrogen) atoms. The van der Waals surface area contributed by atoms with E-state index < -0.39 is 0 Å². The standard InChI is InChI=1S/C20H22N4O2/c1-3-21-18-11-13-22-19(24-18)15-5-7-16(8-6-15)20(25)23-12-10-17-9-4-14(2)26-17/h4-9,11,13H,3,10,12H2,1-2H3,(H,23,25)(H,21,22,24). The highest BCUT2D eigenvalue weighted by molar-refractivity contribution is 5.94. The van der Waals surface area contributed by atoms with E-state index in [-0.39, 0.29) is 5.91 Å². The molecular formula is C20H22N4O2. The van der Waals surface area contributed by atoms with Crippen LogP contribution in [-0.4, -0.2) is 29.0 Å². The van der Waals surface area contributed by atoms with E-state index >= 15 is 0 Å². The van der Waals surface area contributed by atoms with Crippen LogP contribution in [0.15, 0.2) is 53.1 Å². The molecule has 3 aromatic rings. The van der Waals surface area contributed by atoms with Gasteiger partial charge in [-0.2, -0.15) is 0 Å². The number of anilines is 1. The summed E-state index contributed by atoms with van der Waals surface area (Å²) in [5.41, 5.74) is 1.47. The molecule has 2 N–H and O–H groups in total. The number of nitrogens with one attached hydrogen (secondary N) is 2. The summed E-state index contributed by atoms with van der Waals surface area (Å²) in [7, 11) is 0. The van der Waals surface area contributed by atoms with Crippen molar-refractivity contribution in [2.45, 2.75) is 20.3 Å². The molecule has 0 spiro atoms. The number of hydrogen-bond acceptors (Lipinski definition) is 5. The lowest BCUT2D eigenvalue weighted by atomic mass is 10.1. The van der Waals surface area contributed by atoms with Crippen molar-refractivity contribution in [3.05, 3.63) is 65.7 Å². The zero-order chi connectivity index (χ0) is 18.4. The topological polar surface area (TPSA) is 80.0 Å². The summed E-state index contributed by atoms with van der Waals surface area (Å²) in [6, 6.07) is 13.0. The van der Waals surface area contributed by atoms with E-state index in [2.05, 4.69) is 20.6 Å². The number of carbonyl (C=O) groups excluding carboxylic acids is 1. The maximum absolute atomic E-state index is 12.2. The van der Waals surface area contributed by atoms with E-state index in [1.54, 1.807) is 18.3 Å². The number of furan rings is 1. The van der Waals surface area contributed by atoms with Crippen LogP contribution in [0.3, 0.4) is 0 Å². The minimum absolute atomic E-state index is 0.109. The summed E-state index contributed by atoms with van der Waals surface area (Å²) in [6.45, 7) is 5.25. The molecule has 1 aromatic carbocycles. The van der Waals surface area contributed by atoms with Gasteiger partial charge in [0.2, 0.25) is 0 Å². The number of rotatable bonds is 7. The molecule has 0 saturated heterocycles. The number of aromatic nitrogens is 2. The van der Waals surface area contributed by atoms with Gasteiger partial charge in [0.1, 0.15) is 17.3 Å². The molecule has 0 aliphatic carbocycles. The first kappa shape index (κ1) is 17.7. The van der Waals surface area contributed by atoms with Crippen molar-refractivity contribution in [1.29, 1.82) is 0 Å². The number of hydrogen-bond donors (Lipinski definition) is 2. The van der Waals surface area contributed by atoms with Crippen LogP contribution in [0.25, 0.3) is 11.4 Å². The molecular weight excluding hydrogens is 328 g/mol. The number of amides is 1. The number of nitrogens with zero attached hydrogens (tertiary/aromatic N) is 2. The van der Waals surface area contributed by atoms with Crippen LogP contribution in [0.4, 0.5) is 5.82 Å². The summed E-state index contributed by atoms with van der Waals surface area (Å²) in [5, 5.41) is 6.06. The minimum atomic E-state index is -0.109. The van der Waals surface area contributed by atoms with Crippen LogP contribution >= 0.6 is 0 Å². The fraction of sp³-hybridized carbons (Fsp3) is 0.250. The highest BCUT2D eigenvalue weighted by atomic mass is 16.3. The molecule has 1 amide bonds. The predicted molar refractivity (Wildman–Crippen MR) is 101 cm³/mol. The lowest BCUT2D eigenvalue weighted by molar-refractivity contribution is 0.0953. The van der Waals surface area contributed by atoms with E-state index in [4.69, 9.17) is 4.42 Å². The van der Waals surface area contributed by atoms with Crippen molar-refractivity contribution in [3.8, 4) is 11.4 Å². The Morgan fingerprint density at radius 1 is 1.12 bits per heavy atom. The molecule has 134 valence electrons. The van der Waals surface area contributed by atoms with E-state index in [0.29, 0.717) is 24.4 Å². The minimum Gasteiger partial charge on any atom is -0.466 e. The summed E-state index contributed by atoms with van der Waals surface area (Å²) in [5.74, 6) is 3.05. The Bertz CT molecular complexity index is 872. The predicted octanol–water partition coefficient (Wildman–Crippen LogP) is 3.45. The van der Waals surface area contributed by atoms with Gasteiger partial charge in [0, 0.05) is 36.8 Å². The largest absolute Gasteiger partial charge is 0.466 e. The number of carbonyl (C=O) groups is 1. The van der Waals surface area contributed by atoms with Gasteiger partial charge in [0.15, 0.2) is 5.82 Å². The van der Waals surface area contributed by atoms with Crippen LogP contribution in [-0.2, 0) is 6.42 Å². The Kier molecular flexibility index (Phi) is 5.63. The Morgan fingerprint density at radius 3 is 2.62 bits per heavy atom. The Hall–Kier alpha value is -3.15. The van der Waals surface area contributed by atoms with Crippen LogP contribution in [0.5, 0.6) is 0 Å².